The van der Waals surface area contributed by atoms with Gasteiger partial charge in [-0.15, -0.1) is 0 Å². The van der Waals surface area contributed by atoms with Crippen LogP contribution in [0.5, 0.6) is 0 Å². The molecule has 2 aliphatic rings. The van der Waals surface area contributed by atoms with E-state index in [1.807, 2.05) is 0 Å². The summed E-state index contributed by atoms with van der Waals surface area (Å²) in [6.07, 6.45) is 13.0. The first-order chi connectivity index (χ1) is 6.36. The van der Waals surface area contributed by atoms with E-state index in [2.05, 4.69) is 0 Å². The summed E-state index contributed by atoms with van der Waals surface area (Å²) < 4.78 is 0. The van der Waals surface area contributed by atoms with Crippen molar-refractivity contribution in [2.24, 2.45) is 17.6 Å². The molecule has 2 unspecified atom stereocenters. The Hall–Kier alpha value is -0.0400. The van der Waals surface area contributed by atoms with Crippen molar-refractivity contribution in [3.05, 3.63) is 0 Å². The van der Waals surface area contributed by atoms with Gasteiger partial charge in [-0.05, 0) is 31.1 Å². The number of rotatable bonds is 3. The minimum Gasteiger partial charge on any atom is -0.327 e. The molecule has 1 nitrogen and oxygen atoms in total. The molecule has 0 aromatic heterocycles. The van der Waals surface area contributed by atoms with Crippen LogP contribution in [0.4, 0.5) is 0 Å². The molecular weight excluding hydrogens is 158 g/mol. The summed E-state index contributed by atoms with van der Waals surface area (Å²) in [5, 5.41) is 0. The fourth-order valence-electron chi connectivity index (χ4n) is 3.17. The van der Waals surface area contributed by atoms with E-state index in [-0.39, 0.29) is 0 Å². The zero-order valence-corrected chi connectivity index (χ0v) is 8.67. The molecule has 2 fully saturated rings. The summed E-state index contributed by atoms with van der Waals surface area (Å²) in [5.74, 6) is 1.94. The van der Waals surface area contributed by atoms with Gasteiger partial charge >= 0.3 is 0 Å². The van der Waals surface area contributed by atoms with Crippen molar-refractivity contribution >= 4 is 0 Å². The molecule has 0 bridgehead atoms. The van der Waals surface area contributed by atoms with Crippen LogP contribution in [0.2, 0.25) is 0 Å². The molecule has 2 rings (SSSR count). The van der Waals surface area contributed by atoms with Gasteiger partial charge in [0.15, 0.2) is 0 Å². The second-order valence-electron chi connectivity index (χ2n) is 5.08. The summed E-state index contributed by atoms with van der Waals surface area (Å²) in [5.41, 5.74) is 6.06. The van der Waals surface area contributed by atoms with Gasteiger partial charge in [0.2, 0.25) is 0 Å². The summed E-state index contributed by atoms with van der Waals surface area (Å²) in [6, 6.07) is 0.543. The molecule has 0 heterocycles. The van der Waals surface area contributed by atoms with Crippen LogP contribution in [-0.4, -0.2) is 6.04 Å². The average molecular weight is 181 g/mol. The third-order valence-electron chi connectivity index (χ3n) is 4.14. The van der Waals surface area contributed by atoms with E-state index in [0.717, 1.165) is 11.8 Å². The Kier molecular flexibility index (Phi) is 3.26. The highest BCUT2D eigenvalue weighted by Gasteiger charge is 2.25. The number of hydrogen-bond donors (Lipinski definition) is 1. The Morgan fingerprint density at radius 1 is 0.846 bits per heavy atom. The largest absolute Gasteiger partial charge is 0.327 e. The molecule has 0 spiro atoms. The standard InChI is InChI=1S/C12H23N/c13-12-7-3-6-11(12)9-8-10-4-1-2-5-10/h10-12H,1-9,13H2. The lowest BCUT2D eigenvalue weighted by atomic mass is 9.92. The van der Waals surface area contributed by atoms with E-state index in [9.17, 15) is 0 Å². The van der Waals surface area contributed by atoms with Gasteiger partial charge in [-0.3, -0.25) is 0 Å². The lowest BCUT2D eigenvalue weighted by molar-refractivity contribution is 0.377. The highest BCUT2D eigenvalue weighted by atomic mass is 14.7. The first-order valence-corrected chi connectivity index (χ1v) is 6.12. The first kappa shape index (κ1) is 9.51. The molecular formula is C12H23N. The lowest BCUT2D eigenvalue weighted by Crippen LogP contribution is -2.24. The quantitative estimate of drug-likeness (QED) is 0.711. The van der Waals surface area contributed by atoms with E-state index >= 15 is 0 Å². The fourth-order valence-corrected chi connectivity index (χ4v) is 3.17. The van der Waals surface area contributed by atoms with Crippen molar-refractivity contribution in [3.8, 4) is 0 Å². The Balaban J connectivity index is 1.66. The van der Waals surface area contributed by atoms with Gasteiger partial charge in [-0.1, -0.05) is 38.5 Å². The van der Waals surface area contributed by atoms with Crippen molar-refractivity contribution in [1.29, 1.82) is 0 Å². The van der Waals surface area contributed by atoms with Crippen LogP contribution in [0.25, 0.3) is 0 Å². The van der Waals surface area contributed by atoms with Crippen molar-refractivity contribution in [1.82, 2.24) is 0 Å². The maximum absolute atomic E-state index is 6.06. The second kappa shape index (κ2) is 4.45. The highest BCUT2D eigenvalue weighted by molar-refractivity contribution is 4.81. The molecule has 76 valence electrons. The predicted molar refractivity (Wildman–Crippen MR) is 56.5 cm³/mol. The van der Waals surface area contributed by atoms with Gasteiger partial charge in [-0.25, -0.2) is 0 Å². The molecule has 0 amide bonds. The summed E-state index contributed by atoms with van der Waals surface area (Å²) in [4.78, 5) is 0. The monoisotopic (exact) mass is 181 g/mol. The molecule has 0 aromatic rings. The zero-order chi connectivity index (χ0) is 9.10. The maximum atomic E-state index is 6.06. The van der Waals surface area contributed by atoms with E-state index in [1.165, 1.54) is 57.8 Å². The minimum absolute atomic E-state index is 0.543. The predicted octanol–water partition coefficient (Wildman–Crippen LogP) is 3.08. The lowest BCUT2D eigenvalue weighted by Gasteiger charge is -2.17. The van der Waals surface area contributed by atoms with Crippen LogP contribution in [0.3, 0.4) is 0 Å². The van der Waals surface area contributed by atoms with Crippen LogP contribution < -0.4 is 5.73 Å². The molecule has 13 heavy (non-hydrogen) atoms. The molecule has 0 aromatic carbocycles. The minimum atomic E-state index is 0.543. The average Bonchev–Trinajstić information content (AvgIpc) is 2.72. The number of hydrogen-bond acceptors (Lipinski definition) is 1. The van der Waals surface area contributed by atoms with E-state index < -0.39 is 0 Å². The molecule has 0 aliphatic heterocycles. The molecule has 1 heteroatoms. The SMILES string of the molecule is NC1CCCC1CCC1CCCC1. The topological polar surface area (TPSA) is 26.0 Å². The summed E-state index contributed by atoms with van der Waals surface area (Å²) >= 11 is 0. The fraction of sp³-hybridized carbons (Fsp3) is 1.00. The molecule has 0 saturated heterocycles. The smallest absolute Gasteiger partial charge is 0.00671 e. The van der Waals surface area contributed by atoms with Crippen LogP contribution >= 0.6 is 0 Å². The van der Waals surface area contributed by atoms with Crippen LogP contribution in [0.1, 0.15) is 57.8 Å². The maximum Gasteiger partial charge on any atom is 0.00671 e. The van der Waals surface area contributed by atoms with Gasteiger partial charge in [0.25, 0.3) is 0 Å². The van der Waals surface area contributed by atoms with Gasteiger partial charge in [0.05, 0.1) is 0 Å². The van der Waals surface area contributed by atoms with E-state index in [4.69, 9.17) is 5.73 Å². The normalized spacial score (nSPS) is 35.8. The van der Waals surface area contributed by atoms with Crippen molar-refractivity contribution in [2.75, 3.05) is 0 Å². The second-order valence-corrected chi connectivity index (χ2v) is 5.08. The van der Waals surface area contributed by atoms with Crippen LogP contribution in [0.15, 0.2) is 0 Å². The van der Waals surface area contributed by atoms with Gasteiger partial charge in [0.1, 0.15) is 0 Å². The molecule has 2 aliphatic carbocycles. The Labute approximate surface area is 82.1 Å². The molecule has 2 atom stereocenters. The van der Waals surface area contributed by atoms with Gasteiger partial charge < -0.3 is 5.73 Å². The number of nitrogens with two attached hydrogens (primary N) is 1. The van der Waals surface area contributed by atoms with Crippen molar-refractivity contribution in [3.63, 3.8) is 0 Å². The van der Waals surface area contributed by atoms with Crippen molar-refractivity contribution < 1.29 is 0 Å². The first-order valence-electron chi connectivity index (χ1n) is 6.12. The third kappa shape index (κ3) is 2.46. The Bertz CT molecular complexity index is 149. The Morgan fingerprint density at radius 3 is 2.23 bits per heavy atom. The van der Waals surface area contributed by atoms with E-state index in [0.29, 0.717) is 6.04 Å². The summed E-state index contributed by atoms with van der Waals surface area (Å²) in [7, 11) is 0. The zero-order valence-electron chi connectivity index (χ0n) is 8.67. The van der Waals surface area contributed by atoms with Crippen LogP contribution in [0, 0.1) is 11.8 Å². The van der Waals surface area contributed by atoms with Gasteiger partial charge in [-0.2, -0.15) is 0 Å². The molecule has 0 radical (unpaired) electrons. The highest BCUT2D eigenvalue weighted by Crippen LogP contribution is 2.34. The summed E-state index contributed by atoms with van der Waals surface area (Å²) in [6.45, 7) is 0. The Morgan fingerprint density at radius 2 is 1.62 bits per heavy atom. The van der Waals surface area contributed by atoms with Gasteiger partial charge in [0, 0.05) is 6.04 Å². The molecule has 2 N–H and O–H groups in total. The van der Waals surface area contributed by atoms with Crippen molar-refractivity contribution in [2.45, 2.75) is 63.8 Å². The van der Waals surface area contributed by atoms with E-state index in [1.54, 1.807) is 0 Å². The molecule has 2 saturated carbocycles. The van der Waals surface area contributed by atoms with Crippen LogP contribution in [-0.2, 0) is 0 Å². The third-order valence-corrected chi connectivity index (χ3v) is 4.14.